The molecule has 0 N–H and O–H groups in total. The molecule has 3 nitrogen and oxygen atoms in total. The van der Waals surface area contributed by atoms with E-state index in [-0.39, 0.29) is 27.7 Å². The molecule has 0 aromatic rings. The molecule has 1 aliphatic heterocycles. The summed E-state index contributed by atoms with van der Waals surface area (Å²) in [6.07, 6.45) is 9.77. The first kappa shape index (κ1) is 19.4. The molecule has 1 saturated heterocycles. The molecular formula is C13H22HgO3. The van der Waals surface area contributed by atoms with Gasteiger partial charge in [0, 0.05) is 12.6 Å². The number of carboxylic acids is 1. The zero-order chi connectivity index (χ0) is 12.4. The third-order valence-electron chi connectivity index (χ3n) is 2.11. The van der Waals surface area contributed by atoms with Gasteiger partial charge >= 0.3 is 27.7 Å². The van der Waals surface area contributed by atoms with Crippen LogP contribution in [0.25, 0.3) is 0 Å². The van der Waals surface area contributed by atoms with Crippen LogP contribution < -0.4 is 5.11 Å². The van der Waals surface area contributed by atoms with Gasteiger partial charge in [0.1, 0.15) is 0 Å². The summed E-state index contributed by atoms with van der Waals surface area (Å²) in [5.41, 5.74) is 1.41. The Morgan fingerprint density at radius 2 is 2.06 bits per heavy atom. The van der Waals surface area contributed by atoms with Crippen molar-refractivity contribution in [3.63, 3.8) is 0 Å². The molecule has 0 aromatic heterocycles. The van der Waals surface area contributed by atoms with E-state index < -0.39 is 5.97 Å². The third-order valence-corrected chi connectivity index (χ3v) is 2.11. The molecule has 1 fully saturated rings. The molecule has 0 unspecified atom stereocenters. The molecule has 0 amide bonds. The topological polar surface area (TPSA) is 49.4 Å². The summed E-state index contributed by atoms with van der Waals surface area (Å²) in [5, 5.41) is 8.89. The molecule has 17 heavy (non-hydrogen) atoms. The molecule has 1 aliphatic rings. The van der Waals surface area contributed by atoms with E-state index in [0.29, 0.717) is 6.10 Å². The molecule has 2 radical (unpaired) electrons. The van der Waals surface area contributed by atoms with Crippen molar-refractivity contribution in [1.82, 2.24) is 0 Å². The molecule has 1 rings (SSSR count). The van der Waals surface area contributed by atoms with Crippen LogP contribution in [-0.4, -0.2) is 18.7 Å². The summed E-state index contributed by atoms with van der Waals surface area (Å²) < 4.78 is 5.57. The number of carbonyl (C=O) groups is 1. The van der Waals surface area contributed by atoms with Crippen molar-refractivity contribution in [2.24, 2.45) is 0 Å². The van der Waals surface area contributed by atoms with Gasteiger partial charge in [-0.05, 0) is 52.9 Å². The SMILES string of the molecule is CC(=O)[O-].CC(C)=CCC[C@@H]1[CH]CCCO1.[Hg+]. The van der Waals surface area contributed by atoms with Crippen LogP contribution >= 0.6 is 0 Å². The van der Waals surface area contributed by atoms with Crippen LogP contribution in [0, 0.1) is 6.42 Å². The largest absolute Gasteiger partial charge is 1.00 e. The Morgan fingerprint density at radius 3 is 2.47 bits per heavy atom. The maximum atomic E-state index is 8.89. The Hall–Kier alpha value is 0.105. The van der Waals surface area contributed by atoms with Gasteiger partial charge < -0.3 is 14.6 Å². The number of rotatable bonds is 3. The van der Waals surface area contributed by atoms with E-state index in [0.717, 1.165) is 26.4 Å². The van der Waals surface area contributed by atoms with E-state index in [2.05, 4.69) is 26.3 Å². The zero-order valence-electron chi connectivity index (χ0n) is 11.2. The normalized spacial score (nSPS) is 18.2. The average Bonchev–Trinajstić information content (AvgIpc) is 2.18. The van der Waals surface area contributed by atoms with Gasteiger partial charge in [-0.1, -0.05) is 11.6 Å². The maximum Gasteiger partial charge on any atom is 1.00 e. The van der Waals surface area contributed by atoms with Gasteiger partial charge in [-0.25, -0.2) is 0 Å². The molecule has 1 atom stereocenters. The van der Waals surface area contributed by atoms with Crippen LogP contribution in [0.2, 0.25) is 0 Å². The van der Waals surface area contributed by atoms with Gasteiger partial charge in [0.2, 0.25) is 0 Å². The van der Waals surface area contributed by atoms with Crippen LogP contribution in [0.1, 0.15) is 46.5 Å². The summed E-state index contributed by atoms with van der Waals surface area (Å²) in [4.78, 5) is 8.89. The summed E-state index contributed by atoms with van der Waals surface area (Å²) >= 11 is 0. The second-order valence-electron chi connectivity index (χ2n) is 4.14. The Balaban J connectivity index is 0. The molecule has 0 saturated carbocycles. The predicted molar refractivity (Wildman–Crippen MR) is 62.6 cm³/mol. The number of carbonyl (C=O) groups excluding carboxylic acids is 1. The Labute approximate surface area is 125 Å². The molecule has 0 aromatic carbocycles. The Kier molecular flexibility index (Phi) is 14.4. The monoisotopic (exact) mass is 428 g/mol. The second kappa shape index (κ2) is 12.6. The maximum absolute atomic E-state index is 8.89. The first-order valence-electron chi connectivity index (χ1n) is 5.78. The minimum Gasteiger partial charge on any atom is -0.550 e. The smallest absolute Gasteiger partial charge is 0.550 e. The van der Waals surface area contributed by atoms with E-state index in [4.69, 9.17) is 14.6 Å². The van der Waals surface area contributed by atoms with Gasteiger partial charge in [-0.3, -0.25) is 0 Å². The third kappa shape index (κ3) is 16.1. The van der Waals surface area contributed by atoms with E-state index >= 15 is 0 Å². The summed E-state index contributed by atoms with van der Waals surface area (Å²) in [5.74, 6) is -1.08. The fraction of sp³-hybridized carbons (Fsp3) is 0.692. The van der Waals surface area contributed by atoms with Gasteiger partial charge in [0.25, 0.3) is 0 Å². The van der Waals surface area contributed by atoms with E-state index in [9.17, 15) is 0 Å². The van der Waals surface area contributed by atoms with Crippen molar-refractivity contribution in [2.45, 2.75) is 52.6 Å². The van der Waals surface area contributed by atoms with Crippen molar-refractivity contribution in [3.05, 3.63) is 18.1 Å². The summed E-state index contributed by atoms with van der Waals surface area (Å²) in [6.45, 7) is 6.22. The molecule has 4 heteroatoms. The number of hydrogen-bond acceptors (Lipinski definition) is 3. The van der Waals surface area contributed by atoms with E-state index in [1.807, 2.05) is 0 Å². The average molecular weight is 427 g/mol. The molecule has 0 aliphatic carbocycles. The van der Waals surface area contributed by atoms with Crippen molar-refractivity contribution < 1.29 is 42.3 Å². The molecular weight excluding hydrogens is 405 g/mol. The predicted octanol–water partition coefficient (Wildman–Crippen LogP) is 1.87. The fourth-order valence-electron chi connectivity index (χ4n) is 1.43. The molecule has 94 valence electrons. The number of carboxylic acid groups (broad SMARTS) is 1. The Morgan fingerprint density at radius 1 is 1.47 bits per heavy atom. The van der Waals surface area contributed by atoms with Crippen molar-refractivity contribution >= 4 is 5.97 Å². The number of hydrogen-bond donors (Lipinski definition) is 0. The van der Waals surface area contributed by atoms with Crippen LogP contribution in [0.15, 0.2) is 11.6 Å². The van der Waals surface area contributed by atoms with Crippen LogP contribution in [-0.2, 0) is 37.2 Å². The molecule has 0 bridgehead atoms. The van der Waals surface area contributed by atoms with Crippen molar-refractivity contribution in [2.75, 3.05) is 6.61 Å². The molecule has 1 heterocycles. The molecule has 0 spiro atoms. The van der Waals surface area contributed by atoms with E-state index in [1.54, 1.807) is 0 Å². The zero-order valence-corrected chi connectivity index (χ0v) is 16.7. The van der Waals surface area contributed by atoms with Crippen LogP contribution in [0.3, 0.4) is 0 Å². The van der Waals surface area contributed by atoms with Gasteiger partial charge in [-0.2, -0.15) is 0 Å². The number of ether oxygens (including phenoxy) is 1. The number of allylic oxidation sites excluding steroid dienone is 2. The Bertz CT molecular complexity index is 213. The van der Waals surface area contributed by atoms with Crippen LogP contribution in [0.5, 0.6) is 0 Å². The minimum atomic E-state index is -1.08. The van der Waals surface area contributed by atoms with Gasteiger partial charge in [0.15, 0.2) is 0 Å². The quantitative estimate of drug-likeness (QED) is 0.511. The minimum absolute atomic E-state index is 0. The first-order chi connectivity index (χ1) is 7.52. The van der Waals surface area contributed by atoms with Crippen molar-refractivity contribution in [1.29, 1.82) is 0 Å². The first-order valence-corrected chi connectivity index (χ1v) is 5.78. The number of aliphatic carboxylic acids is 1. The van der Waals surface area contributed by atoms with Gasteiger partial charge in [-0.15, -0.1) is 0 Å². The standard InChI is InChI=1S/C11H19O.C2H4O2.Hg/c1-10(2)6-5-8-11-7-3-4-9-12-11;1-2(3)4;/h6-7,11H,3-5,8-9H2,1-2H3;1H3,(H,3,4);/q;;+1/p-1/t11-;;/m0../s1. The summed E-state index contributed by atoms with van der Waals surface area (Å²) in [7, 11) is 0. The van der Waals surface area contributed by atoms with E-state index in [1.165, 1.54) is 18.4 Å². The van der Waals surface area contributed by atoms with Crippen molar-refractivity contribution in [3.8, 4) is 0 Å². The van der Waals surface area contributed by atoms with Crippen LogP contribution in [0.4, 0.5) is 0 Å². The second-order valence-corrected chi connectivity index (χ2v) is 4.14. The van der Waals surface area contributed by atoms with Gasteiger partial charge in [0.05, 0.1) is 6.10 Å². The summed E-state index contributed by atoms with van der Waals surface area (Å²) in [6, 6.07) is 0. The fourth-order valence-corrected chi connectivity index (χ4v) is 1.43.